The minimum atomic E-state index is -4.15. The zero-order valence-electron chi connectivity index (χ0n) is 18.9. The lowest BCUT2D eigenvalue weighted by molar-refractivity contribution is 0.469. The predicted octanol–water partition coefficient (Wildman–Crippen LogP) is 4.96. The van der Waals surface area contributed by atoms with Crippen LogP contribution in [0.5, 0.6) is 17.2 Å². The molecule has 2 aliphatic heterocycles. The summed E-state index contributed by atoms with van der Waals surface area (Å²) >= 11 is 6.00. The highest BCUT2D eigenvalue weighted by Gasteiger charge is 2.57. The fourth-order valence-corrected chi connectivity index (χ4v) is 9.65. The standard InChI is InChI=1S/C26H23ClO6S2/c1-14-10-17(28)6-8-20(14)24-22-13-23(35(31,32)33-19-5-3-4-16(27)12-19)26(34(22)30)25(24)21-9-7-18(29)11-15(21)2/h3-12,22-23,26,28-29H,13H2,1-2H3/t22-,23-,26+,34?/m0/s1. The number of phenolic OH excluding ortho intramolecular Hbond substituents is 2. The monoisotopic (exact) mass is 530 g/mol. The predicted molar refractivity (Wildman–Crippen MR) is 138 cm³/mol. The molecule has 2 aliphatic rings. The normalized spacial score (nSPS) is 23.6. The van der Waals surface area contributed by atoms with E-state index in [1.807, 2.05) is 13.8 Å². The number of halogens is 1. The van der Waals surface area contributed by atoms with Gasteiger partial charge in [-0.1, -0.05) is 29.8 Å². The van der Waals surface area contributed by atoms with E-state index in [1.54, 1.807) is 42.5 Å². The second-order valence-corrected chi connectivity index (χ2v) is 12.8. The van der Waals surface area contributed by atoms with Crippen molar-refractivity contribution in [2.45, 2.75) is 36.0 Å². The molecule has 5 rings (SSSR count). The summed E-state index contributed by atoms with van der Waals surface area (Å²) in [7, 11) is -5.67. The van der Waals surface area contributed by atoms with E-state index in [4.69, 9.17) is 15.8 Å². The van der Waals surface area contributed by atoms with Gasteiger partial charge in [0.1, 0.15) is 22.5 Å². The first-order valence-electron chi connectivity index (χ1n) is 11.0. The van der Waals surface area contributed by atoms with Crippen LogP contribution in [0, 0.1) is 13.8 Å². The van der Waals surface area contributed by atoms with Crippen molar-refractivity contribution in [1.29, 1.82) is 0 Å². The molecule has 3 aromatic rings. The molecule has 0 aromatic heterocycles. The fourth-order valence-electron chi connectivity index (χ4n) is 5.12. The third kappa shape index (κ3) is 4.13. The Morgan fingerprint density at radius 1 is 0.914 bits per heavy atom. The molecule has 0 amide bonds. The molecule has 0 spiro atoms. The Kier molecular flexibility index (Phi) is 5.94. The first-order valence-corrected chi connectivity index (χ1v) is 14.1. The topological polar surface area (TPSA) is 101 Å². The molecule has 35 heavy (non-hydrogen) atoms. The van der Waals surface area contributed by atoms with Crippen LogP contribution in [0.4, 0.5) is 0 Å². The number of phenols is 2. The molecule has 3 aromatic carbocycles. The molecule has 1 fully saturated rings. The van der Waals surface area contributed by atoms with Crippen molar-refractivity contribution < 1.29 is 27.0 Å². The number of aromatic hydroxyl groups is 2. The average Bonchev–Trinajstić information content (AvgIpc) is 3.24. The van der Waals surface area contributed by atoms with Crippen LogP contribution in [-0.4, -0.2) is 38.6 Å². The zero-order valence-corrected chi connectivity index (χ0v) is 21.3. The quantitative estimate of drug-likeness (QED) is 0.452. The third-order valence-electron chi connectivity index (χ3n) is 6.59. The van der Waals surface area contributed by atoms with Gasteiger partial charge in [0.15, 0.2) is 0 Å². The molecule has 9 heteroatoms. The Morgan fingerprint density at radius 2 is 1.51 bits per heavy atom. The lowest BCUT2D eigenvalue weighted by Crippen LogP contribution is -2.36. The highest BCUT2D eigenvalue weighted by molar-refractivity contribution is 7.93. The molecule has 0 aliphatic carbocycles. The first-order chi connectivity index (χ1) is 16.6. The maximum atomic E-state index is 13.7. The van der Waals surface area contributed by atoms with Gasteiger partial charge in [-0.05, 0) is 90.1 Å². The van der Waals surface area contributed by atoms with E-state index in [0.29, 0.717) is 10.6 Å². The molecule has 6 nitrogen and oxygen atoms in total. The number of hydrogen-bond acceptors (Lipinski definition) is 6. The second-order valence-electron chi connectivity index (χ2n) is 8.87. The van der Waals surface area contributed by atoms with Gasteiger partial charge in [-0.25, -0.2) is 0 Å². The molecule has 2 heterocycles. The number of hydrogen-bond donors (Lipinski definition) is 2. The van der Waals surface area contributed by atoms with Crippen LogP contribution in [0.25, 0.3) is 11.1 Å². The molecule has 182 valence electrons. The molecule has 2 bridgehead atoms. The Balaban J connectivity index is 1.67. The van der Waals surface area contributed by atoms with Crippen molar-refractivity contribution in [2.24, 2.45) is 0 Å². The van der Waals surface area contributed by atoms with E-state index < -0.39 is 36.7 Å². The van der Waals surface area contributed by atoms with E-state index >= 15 is 0 Å². The van der Waals surface area contributed by atoms with Crippen molar-refractivity contribution in [3.8, 4) is 17.2 Å². The summed E-state index contributed by atoms with van der Waals surface area (Å²) in [4.78, 5) is 0. The maximum Gasteiger partial charge on any atom is 0.313 e. The largest absolute Gasteiger partial charge is 0.508 e. The van der Waals surface area contributed by atoms with Gasteiger partial charge >= 0.3 is 10.1 Å². The number of fused-ring (bicyclic) bond motifs is 2. The summed E-state index contributed by atoms with van der Waals surface area (Å²) < 4.78 is 46.0. The summed E-state index contributed by atoms with van der Waals surface area (Å²) in [6.07, 6.45) is 0.149. The van der Waals surface area contributed by atoms with Gasteiger partial charge in [-0.3, -0.25) is 4.21 Å². The number of aryl methyl sites for hydroxylation is 2. The van der Waals surface area contributed by atoms with Crippen LogP contribution >= 0.6 is 11.6 Å². The second kappa shape index (κ2) is 8.69. The molecule has 1 unspecified atom stereocenters. The average molecular weight is 531 g/mol. The van der Waals surface area contributed by atoms with Gasteiger partial charge in [-0.2, -0.15) is 8.42 Å². The summed E-state index contributed by atoms with van der Waals surface area (Å²) in [5, 5.41) is 17.9. The van der Waals surface area contributed by atoms with Gasteiger partial charge < -0.3 is 14.4 Å². The number of rotatable bonds is 5. The SMILES string of the molecule is Cc1cc(O)ccc1C1=C(c2ccc(O)cc2C)[C@H]2[C@@H](S(=O)(=O)Oc3cccc(Cl)c3)C[C@@H]1S2=O. The van der Waals surface area contributed by atoms with Crippen LogP contribution in [0.15, 0.2) is 60.7 Å². The summed E-state index contributed by atoms with van der Waals surface area (Å²) in [6, 6.07) is 16.0. The van der Waals surface area contributed by atoms with Crippen molar-refractivity contribution in [2.75, 3.05) is 0 Å². The fraction of sp³-hybridized carbons (Fsp3) is 0.231. The Morgan fingerprint density at radius 3 is 2.09 bits per heavy atom. The van der Waals surface area contributed by atoms with Crippen LogP contribution in [0.2, 0.25) is 5.02 Å². The highest BCUT2D eigenvalue weighted by atomic mass is 35.5. The van der Waals surface area contributed by atoms with Crippen molar-refractivity contribution in [1.82, 2.24) is 0 Å². The van der Waals surface area contributed by atoms with Crippen molar-refractivity contribution in [3.63, 3.8) is 0 Å². The summed E-state index contributed by atoms with van der Waals surface area (Å²) in [5.74, 6) is 0.313. The van der Waals surface area contributed by atoms with Crippen LogP contribution in [0.3, 0.4) is 0 Å². The van der Waals surface area contributed by atoms with Gasteiger partial charge in [-0.15, -0.1) is 0 Å². The minimum Gasteiger partial charge on any atom is -0.508 e. The lowest BCUT2D eigenvalue weighted by atomic mass is 9.81. The molecule has 0 radical (unpaired) electrons. The summed E-state index contributed by atoms with van der Waals surface area (Å²) in [5.41, 5.74) is 4.58. The van der Waals surface area contributed by atoms with Gasteiger partial charge in [0.25, 0.3) is 0 Å². The smallest absolute Gasteiger partial charge is 0.313 e. The molecule has 1 saturated heterocycles. The van der Waals surface area contributed by atoms with Crippen LogP contribution < -0.4 is 4.18 Å². The molecule has 0 saturated carbocycles. The molecular weight excluding hydrogens is 508 g/mol. The van der Waals surface area contributed by atoms with E-state index in [1.165, 1.54) is 18.2 Å². The Bertz CT molecular complexity index is 1510. The number of benzene rings is 3. The Labute approximate surface area is 211 Å². The van der Waals surface area contributed by atoms with Gasteiger partial charge in [0.05, 0.1) is 10.5 Å². The van der Waals surface area contributed by atoms with Gasteiger partial charge in [0, 0.05) is 21.9 Å². The summed E-state index contributed by atoms with van der Waals surface area (Å²) in [6.45, 7) is 3.68. The molecule has 4 atom stereocenters. The Hall–Kier alpha value is -2.81. The molecular formula is C26H23ClO6S2. The van der Waals surface area contributed by atoms with E-state index in [-0.39, 0.29) is 23.7 Å². The van der Waals surface area contributed by atoms with Crippen molar-refractivity contribution >= 4 is 43.7 Å². The third-order valence-corrected chi connectivity index (χ3v) is 10.7. The first kappa shape index (κ1) is 23.9. The minimum absolute atomic E-state index is 0.0898. The van der Waals surface area contributed by atoms with Crippen LogP contribution in [0.1, 0.15) is 28.7 Å². The van der Waals surface area contributed by atoms with Crippen LogP contribution in [-0.2, 0) is 20.9 Å². The van der Waals surface area contributed by atoms with E-state index in [9.17, 15) is 22.8 Å². The van der Waals surface area contributed by atoms with Gasteiger partial charge in [0.2, 0.25) is 0 Å². The highest BCUT2D eigenvalue weighted by Crippen LogP contribution is 2.54. The van der Waals surface area contributed by atoms with E-state index in [0.717, 1.165) is 27.8 Å². The zero-order chi connectivity index (χ0) is 25.1. The van der Waals surface area contributed by atoms with Crippen molar-refractivity contribution in [3.05, 3.63) is 87.9 Å². The lowest BCUT2D eigenvalue weighted by Gasteiger charge is -2.27. The van der Waals surface area contributed by atoms with E-state index in [2.05, 4.69) is 0 Å². The maximum absolute atomic E-state index is 13.7. The molecule has 2 N–H and O–H groups in total.